The number of anilines is 3. The van der Waals surface area contributed by atoms with Gasteiger partial charge in [-0.25, -0.2) is 18.2 Å². The third-order valence-corrected chi connectivity index (χ3v) is 5.94. The molecule has 1 aliphatic heterocycles. The van der Waals surface area contributed by atoms with Crippen LogP contribution in [0.15, 0.2) is 54.7 Å². The van der Waals surface area contributed by atoms with Crippen molar-refractivity contribution < 1.29 is 13.2 Å². The van der Waals surface area contributed by atoms with Crippen molar-refractivity contribution in [3.8, 4) is 17.3 Å². The molecule has 34 heavy (non-hydrogen) atoms. The Kier molecular flexibility index (Phi) is 5.57. The Morgan fingerprint density at radius 2 is 1.91 bits per heavy atom. The number of aromatic amines is 1. The predicted octanol–water partition coefficient (Wildman–Crippen LogP) is 5.81. The van der Waals surface area contributed by atoms with Crippen LogP contribution in [0, 0.1) is 17.1 Å². The quantitative estimate of drug-likeness (QED) is 0.391. The van der Waals surface area contributed by atoms with E-state index in [4.69, 9.17) is 5.26 Å². The number of nitrogens with zero attached hydrogens (tertiary/aromatic N) is 4. The van der Waals surface area contributed by atoms with E-state index in [9.17, 15) is 13.2 Å². The van der Waals surface area contributed by atoms with Gasteiger partial charge in [-0.1, -0.05) is 18.2 Å². The predicted molar refractivity (Wildman–Crippen MR) is 125 cm³/mol. The second-order valence-electron chi connectivity index (χ2n) is 8.31. The van der Waals surface area contributed by atoms with E-state index in [2.05, 4.69) is 26.3 Å². The number of benzene rings is 2. The number of piperidine rings is 1. The van der Waals surface area contributed by atoms with Gasteiger partial charge < -0.3 is 15.2 Å². The van der Waals surface area contributed by atoms with Crippen LogP contribution in [0.25, 0.3) is 22.3 Å². The maximum atomic E-state index is 14.9. The molecule has 2 aromatic heterocycles. The molecule has 0 spiro atoms. The maximum absolute atomic E-state index is 14.9. The van der Waals surface area contributed by atoms with E-state index in [1.54, 1.807) is 23.2 Å². The molecule has 2 aromatic carbocycles. The molecule has 0 aliphatic carbocycles. The summed E-state index contributed by atoms with van der Waals surface area (Å²) in [6.45, 7) is 0.217. The number of alkyl halides is 2. The number of halogens is 3. The van der Waals surface area contributed by atoms with Gasteiger partial charge in [-0.3, -0.25) is 0 Å². The second kappa shape index (κ2) is 8.71. The molecule has 0 amide bonds. The van der Waals surface area contributed by atoms with Gasteiger partial charge in [0.1, 0.15) is 11.5 Å². The molecular formula is C25H21F3N6. The number of fused-ring (bicyclic) bond motifs is 1. The van der Waals surface area contributed by atoms with Gasteiger partial charge in [-0.05, 0) is 35.9 Å². The normalized spacial score (nSPS) is 15.3. The summed E-state index contributed by atoms with van der Waals surface area (Å²) in [5, 5.41) is 12.9. The van der Waals surface area contributed by atoms with Gasteiger partial charge in [0.2, 0.25) is 5.95 Å². The number of rotatable bonds is 5. The van der Waals surface area contributed by atoms with Crippen molar-refractivity contribution in [1.29, 1.82) is 5.26 Å². The minimum atomic E-state index is -2.69. The van der Waals surface area contributed by atoms with Crippen LogP contribution >= 0.6 is 0 Å². The molecule has 172 valence electrons. The molecule has 3 heterocycles. The van der Waals surface area contributed by atoms with E-state index < -0.39 is 11.7 Å². The number of H-pyrrole nitrogens is 1. The molecule has 6 nitrogen and oxygen atoms in total. The third-order valence-electron chi connectivity index (χ3n) is 5.94. The van der Waals surface area contributed by atoms with Crippen molar-refractivity contribution in [2.24, 2.45) is 0 Å². The Hall–Kier alpha value is -4.06. The lowest BCUT2D eigenvalue weighted by Gasteiger charge is -2.33. The molecule has 0 atom stereocenters. The Morgan fingerprint density at radius 3 is 2.68 bits per heavy atom. The first-order valence-corrected chi connectivity index (χ1v) is 10.9. The number of aromatic nitrogens is 3. The highest BCUT2D eigenvalue weighted by Gasteiger charge is 2.34. The van der Waals surface area contributed by atoms with Crippen LogP contribution in [-0.2, 0) is 6.42 Å². The molecule has 0 unspecified atom stereocenters. The van der Waals surface area contributed by atoms with Gasteiger partial charge >= 0.3 is 0 Å². The average Bonchev–Trinajstić information content (AvgIpc) is 3.28. The fraction of sp³-hybridized carbons (Fsp3) is 0.240. The van der Waals surface area contributed by atoms with E-state index in [1.807, 2.05) is 30.3 Å². The first-order chi connectivity index (χ1) is 16.4. The maximum Gasteiger partial charge on any atom is 0.251 e. The highest BCUT2D eigenvalue weighted by molar-refractivity contribution is 5.92. The van der Waals surface area contributed by atoms with Crippen LogP contribution in [0.5, 0.6) is 0 Å². The molecule has 1 aliphatic rings. The fourth-order valence-electron chi connectivity index (χ4n) is 4.18. The lowest BCUT2D eigenvalue weighted by atomic mass is 10.0. The standard InChI is InChI=1S/C25H21F3N6/c26-20-15-18(4-5-21(20)34-12-8-25(27,28)9-13-34)31-24-32-22(19-7-11-30-23(19)33-24)17-3-1-2-16(14-17)6-10-29/h1-5,7,11,14-15H,6,8-9,12-13H2,(H2,30,31,32,33). The summed E-state index contributed by atoms with van der Waals surface area (Å²) < 4.78 is 41.7. The Bertz CT molecular complexity index is 1380. The van der Waals surface area contributed by atoms with Crippen LogP contribution in [0.2, 0.25) is 0 Å². The lowest BCUT2D eigenvalue weighted by Crippen LogP contribution is -2.39. The van der Waals surface area contributed by atoms with Crippen molar-refractivity contribution in [3.63, 3.8) is 0 Å². The van der Waals surface area contributed by atoms with Crippen molar-refractivity contribution in [3.05, 3.63) is 66.1 Å². The Morgan fingerprint density at radius 1 is 1.09 bits per heavy atom. The largest absolute Gasteiger partial charge is 0.369 e. The summed E-state index contributed by atoms with van der Waals surface area (Å²) in [6, 6.07) is 16.2. The van der Waals surface area contributed by atoms with Crippen molar-refractivity contribution >= 4 is 28.4 Å². The highest BCUT2D eigenvalue weighted by atomic mass is 19.3. The monoisotopic (exact) mass is 462 g/mol. The van der Waals surface area contributed by atoms with E-state index in [-0.39, 0.29) is 31.9 Å². The number of nitriles is 1. The lowest BCUT2D eigenvalue weighted by molar-refractivity contribution is -0.0221. The molecule has 0 saturated carbocycles. The van der Waals surface area contributed by atoms with E-state index in [0.717, 1.165) is 16.5 Å². The van der Waals surface area contributed by atoms with E-state index >= 15 is 0 Å². The summed E-state index contributed by atoms with van der Waals surface area (Å²) in [6.07, 6.45) is 1.49. The summed E-state index contributed by atoms with van der Waals surface area (Å²) >= 11 is 0. The molecule has 0 bridgehead atoms. The van der Waals surface area contributed by atoms with Crippen molar-refractivity contribution in [1.82, 2.24) is 15.0 Å². The molecule has 2 N–H and O–H groups in total. The highest BCUT2D eigenvalue weighted by Crippen LogP contribution is 2.33. The molecule has 9 heteroatoms. The topological polar surface area (TPSA) is 80.6 Å². The first-order valence-electron chi connectivity index (χ1n) is 10.9. The summed E-state index contributed by atoms with van der Waals surface area (Å²) in [5.74, 6) is -2.91. The molecular weight excluding hydrogens is 441 g/mol. The molecule has 5 rings (SSSR count). The van der Waals surface area contributed by atoms with Crippen molar-refractivity contribution in [2.75, 3.05) is 23.3 Å². The third kappa shape index (κ3) is 4.39. The summed E-state index contributed by atoms with van der Waals surface area (Å²) in [7, 11) is 0. The fourth-order valence-corrected chi connectivity index (χ4v) is 4.18. The van der Waals surface area contributed by atoms with Crippen LogP contribution in [-0.4, -0.2) is 34.0 Å². The minimum absolute atomic E-state index is 0.109. The average molecular weight is 462 g/mol. The van der Waals surface area contributed by atoms with Crippen LogP contribution in [0.4, 0.5) is 30.5 Å². The first kappa shape index (κ1) is 21.8. The zero-order valence-corrected chi connectivity index (χ0v) is 18.2. The smallest absolute Gasteiger partial charge is 0.251 e. The number of nitrogens with one attached hydrogen (secondary N) is 2. The molecule has 4 aromatic rings. The van der Waals surface area contributed by atoms with Gasteiger partial charge in [-0.15, -0.1) is 0 Å². The minimum Gasteiger partial charge on any atom is -0.369 e. The zero-order valence-electron chi connectivity index (χ0n) is 18.2. The van der Waals surface area contributed by atoms with Gasteiger partial charge in [-0.2, -0.15) is 10.2 Å². The number of hydrogen-bond donors (Lipinski definition) is 2. The van der Waals surface area contributed by atoms with Gasteiger partial charge in [0.25, 0.3) is 5.92 Å². The van der Waals surface area contributed by atoms with Gasteiger partial charge in [0, 0.05) is 48.8 Å². The van der Waals surface area contributed by atoms with Gasteiger partial charge in [0.05, 0.1) is 23.9 Å². The Labute approximate surface area is 194 Å². The Balaban J connectivity index is 1.43. The van der Waals surface area contributed by atoms with E-state index in [1.165, 1.54) is 6.07 Å². The second-order valence-corrected chi connectivity index (χ2v) is 8.31. The SMILES string of the molecule is N#CCc1cccc(-c2nc(Nc3ccc(N4CCC(F)(F)CC4)c(F)c3)nc3[nH]ccc23)c1. The number of hydrogen-bond acceptors (Lipinski definition) is 5. The zero-order chi connectivity index (χ0) is 23.7. The molecule has 1 saturated heterocycles. The summed E-state index contributed by atoms with van der Waals surface area (Å²) in [4.78, 5) is 13.9. The van der Waals surface area contributed by atoms with E-state index in [0.29, 0.717) is 29.1 Å². The van der Waals surface area contributed by atoms with Crippen molar-refractivity contribution in [2.45, 2.75) is 25.2 Å². The van der Waals surface area contributed by atoms with Crippen LogP contribution in [0.3, 0.4) is 0 Å². The van der Waals surface area contributed by atoms with Gasteiger partial charge in [0.15, 0.2) is 0 Å². The van der Waals surface area contributed by atoms with Crippen LogP contribution < -0.4 is 10.2 Å². The molecule has 0 radical (unpaired) electrons. The summed E-state index contributed by atoms with van der Waals surface area (Å²) in [5.41, 5.74) is 3.76. The van der Waals surface area contributed by atoms with Crippen LogP contribution in [0.1, 0.15) is 18.4 Å². The molecule has 1 fully saturated rings.